The zero-order valence-corrected chi connectivity index (χ0v) is 17.0. The van der Waals surface area contributed by atoms with Crippen LogP contribution in [0.15, 0.2) is 59.7 Å². The third-order valence-electron chi connectivity index (χ3n) is 5.74. The number of aromatic amines is 1. The standard InChI is InChI=1S/C24H28N4O/c1-3-18-14-23-21(20-11-7-8-12-22(20)26-23)13-19(25-18)15-24(29)28-27-16(2)17-9-5-4-6-10-17/h4-12,18-19,25-26H,3,13-15H2,1-2H3,(H,28,29)/b27-16+/t18-,19-/m0/s1. The number of carbonyl (C=O) groups excluding carboxylic acids is 1. The van der Waals surface area contributed by atoms with Crippen molar-refractivity contribution < 1.29 is 4.79 Å². The summed E-state index contributed by atoms with van der Waals surface area (Å²) in [6.45, 7) is 4.10. The van der Waals surface area contributed by atoms with Crippen molar-refractivity contribution in [3.05, 3.63) is 71.4 Å². The molecular weight excluding hydrogens is 360 g/mol. The van der Waals surface area contributed by atoms with Crippen molar-refractivity contribution >= 4 is 22.5 Å². The van der Waals surface area contributed by atoms with Gasteiger partial charge in [0.15, 0.2) is 0 Å². The number of nitrogens with one attached hydrogen (secondary N) is 3. The largest absolute Gasteiger partial charge is 0.358 e. The van der Waals surface area contributed by atoms with Gasteiger partial charge in [-0.2, -0.15) is 5.10 Å². The lowest BCUT2D eigenvalue weighted by molar-refractivity contribution is -0.121. The molecule has 1 amide bonds. The van der Waals surface area contributed by atoms with Crippen LogP contribution in [0.5, 0.6) is 0 Å². The highest BCUT2D eigenvalue weighted by atomic mass is 16.2. The van der Waals surface area contributed by atoms with E-state index in [4.69, 9.17) is 0 Å². The van der Waals surface area contributed by atoms with E-state index in [0.717, 1.165) is 30.5 Å². The first kappa shape index (κ1) is 19.4. The van der Waals surface area contributed by atoms with Gasteiger partial charge in [0.05, 0.1) is 5.71 Å². The topological polar surface area (TPSA) is 69.3 Å². The first-order valence-corrected chi connectivity index (χ1v) is 10.4. The quantitative estimate of drug-likeness (QED) is 0.458. The van der Waals surface area contributed by atoms with Crippen LogP contribution in [0.25, 0.3) is 10.9 Å². The first-order valence-electron chi connectivity index (χ1n) is 10.4. The van der Waals surface area contributed by atoms with Crippen molar-refractivity contribution in [1.82, 2.24) is 15.7 Å². The fourth-order valence-corrected chi connectivity index (χ4v) is 4.16. The predicted octanol–water partition coefficient (Wildman–Crippen LogP) is 3.93. The second-order valence-electron chi connectivity index (χ2n) is 7.81. The van der Waals surface area contributed by atoms with E-state index in [0.29, 0.717) is 12.5 Å². The van der Waals surface area contributed by atoms with Gasteiger partial charge in [-0.15, -0.1) is 0 Å². The molecular formula is C24H28N4O. The van der Waals surface area contributed by atoms with Crippen LogP contribution in [0.2, 0.25) is 0 Å². The van der Waals surface area contributed by atoms with Crippen LogP contribution in [-0.4, -0.2) is 28.7 Å². The van der Waals surface area contributed by atoms with Gasteiger partial charge in [0.25, 0.3) is 0 Å². The van der Waals surface area contributed by atoms with Gasteiger partial charge in [-0.05, 0) is 37.0 Å². The zero-order valence-electron chi connectivity index (χ0n) is 17.0. The lowest BCUT2D eigenvalue weighted by Gasteiger charge is -2.21. The van der Waals surface area contributed by atoms with E-state index in [2.05, 4.69) is 52.0 Å². The number of carbonyl (C=O) groups is 1. The molecule has 0 radical (unpaired) electrons. The molecule has 0 saturated carbocycles. The third kappa shape index (κ3) is 4.40. The van der Waals surface area contributed by atoms with Crippen molar-refractivity contribution in [3.63, 3.8) is 0 Å². The van der Waals surface area contributed by atoms with Gasteiger partial charge in [-0.1, -0.05) is 55.5 Å². The Morgan fingerprint density at radius 3 is 2.62 bits per heavy atom. The van der Waals surface area contributed by atoms with Crippen molar-refractivity contribution in [2.45, 2.75) is 51.6 Å². The van der Waals surface area contributed by atoms with Gasteiger partial charge < -0.3 is 10.3 Å². The summed E-state index contributed by atoms with van der Waals surface area (Å²) in [6.07, 6.45) is 3.23. The lowest BCUT2D eigenvalue weighted by Crippen LogP contribution is -2.41. The Morgan fingerprint density at radius 2 is 1.83 bits per heavy atom. The number of aromatic nitrogens is 1. The fourth-order valence-electron chi connectivity index (χ4n) is 4.16. The van der Waals surface area contributed by atoms with Gasteiger partial charge in [0.2, 0.25) is 5.91 Å². The SMILES string of the molecule is CC[C@H]1Cc2[nH]c3ccccc3c2C[C@@H](CC(=O)N/N=C(\C)c2ccccc2)N1. The molecule has 2 atom stereocenters. The van der Waals surface area contributed by atoms with Crippen LogP contribution in [0.1, 0.15) is 43.5 Å². The van der Waals surface area contributed by atoms with Crippen LogP contribution in [-0.2, 0) is 17.6 Å². The Labute approximate surface area is 171 Å². The summed E-state index contributed by atoms with van der Waals surface area (Å²) in [5.41, 5.74) is 8.37. The molecule has 5 nitrogen and oxygen atoms in total. The lowest BCUT2D eigenvalue weighted by atomic mass is 10.0. The molecule has 0 unspecified atom stereocenters. The molecule has 150 valence electrons. The van der Waals surface area contributed by atoms with E-state index in [1.807, 2.05) is 37.3 Å². The summed E-state index contributed by atoms with van der Waals surface area (Å²) in [4.78, 5) is 16.2. The first-order chi connectivity index (χ1) is 14.1. The maximum Gasteiger partial charge on any atom is 0.241 e. The number of H-pyrrole nitrogens is 1. The molecule has 0 bridgehead atoms. The molecule has 5 heteroatoms. The Hall–Kier alpha value is -2.92. The van der Waals surface area contributed by atoms with Crippen LogP contribution in [0, 0.1) is 0 Å². The number of amides is 1. The number of rotatable bonds is 5. The van der Waals surface area contributed by atoms with E-state index in [-0.39, 0.29) is 11.9 Å². The van der Waals surface area contributed by atoms with Crippen molar-refractivity contribution in [1.29, 1.82) is 0 Å². The number of nitrogens with zero attached hydrogens (tertiary/aromatic N) is 1. The molecule has 0 fully saturated rings. The predicted molar refractivity (Wildman–Crippen MR) is 118 cm³/mol. The molecule has 1 aliphatic rings. The molecule has 0 aliphatic carbocycles. The minimum atomic E-state index is -0.0593. The van der Waals surface area contributed by atoms with Gasteiger partial charge in [-0.25, -0.2) is 5.43 Å². The monoisotopic (exact) mass is 388 g/mol. The molecule has 4 rings (SSSR count). The van der Waals surface area contributed by atoms with Crippen LogP contribution >= 0.6 is 0 Å². The maximum absolute atomic E-state index is 12.6. The van der Waals surface area contributed by atoms with E-state index in [9.17, 15) is 4.79 Å². The minimum Gasteiger partial charge on any atom is -0.358 e. The molecule has 0 spiro atoms. The van der Waals surface area contributed by atoms with Gasteiger partial charge in [0.1, 0.15) is 0 Å². The molecule has 3 N–H and O–H groups in total. The molecule has 0 saturated heterocycles. The summed E-state index contributed by atoms with van der Waals surface area (Å²) in [7, 11) is 0. The van der Waals surface area contributed by atoms with E-state index < -0.39 is 0 Å². The average molecular weight is 389 g/mol. The number of hydrazone groups is 1. The minimum absolute atomic E-state index is 0.0593. The van der Waals surface area contributed by atoms with Gasteiger partial charge in [-0.3, -0.25) is 4.79 Å². The highest BCUT2D eigenvalue weighted by Gasteiger charge is 2.26. The molecule has 2 aromatic carbocycles. The van der Waals surface area contributed by atoms with E-state index >= 15 is 0 Å². The number of hydrogen-bond acceptors (Lipinski definition) is 3. The highest BCUT2D eigenvalue weighted by molar-refractivity contribution is 5.99. The molecule has 29 heavy (non-hydrogen) atoms. The van der Waals surface area contributed by atoms with Crippen molar-refractivity contribution in [3.8, 4) is 0 Å². The van der Waals surface area contributed by atoms with E-state index in [1.165, 1.54) is 22.2 Å². The maximum atomic E-state index is 12.6. The van der Waals surface area contributed by atoms with E-state index in [1.54, 1.807) is 0 Å². The molecule has 2 heterocycles. The summed E-state index contributed by atoms with van der Waals surface area (Å²) < 4.78 is 0. The second kappa shape index (κ2) is 8.62. The number of hydrogen-bond donors (Lipinski definition) is 3. The Bertz CT molecular complexity index is 1020. The summed E-state index contributed by atoms with van der Waals surface area (Å²) in [5.74, 6) is -0.0593. The van der Waals surface area contributed by atoms with Crippen LogP contribution < -0.4 is 10.7 Å². The second-order valence-corrected chi connectivity index (χ2v) is 7.81. The Kier molecular flexibility index (Phi) is 5.76. The smallest absolute Gasteiger partial charge is 0.241 e. The molecule has 1 aliphatic heterocycles. The molecule has 1 aromatic heterocycles. The fraction of sp³-hybridized carbons (Fsp3) is 0.333. The van der Waals surface area contributed by atoms with Gasteiger partial charge in [0, 0.05) is 41.5 Å². The Morgan fingerprint density at radius 1 is 1.07 bits per heavy atom. The third-order valence-corrected chi connectivity index (χ3v) is 5.74. The van der Waals surface area contributed by atoms with Crippen molar-refractivity contribution in [2.24, 2.45) is 5.10 Å². The Balaban J connectivity index is 1.48. The van der Waals surface area contributed by atoms with Gasteiger partial charge >= 0.3 is 0 Å². The van der Waals surface area contributed by atoms with Crippen molar-refractivity contribution in [2.75, 3.05) is 0 Å². The summed E-state index contributed by atoms with van der Waals surface area (Å²) in [5, 5.41) is 9.24. The summed E-state index contributed by atoms with van der Waals surface area (Å²) >= 11 is 0. The highest BCUT2D eigenvalue weighted by Crippen LogP contribution is 2.28. The van der Waals surface area contributed by atoms with Crippen LogP contribution in [0.3, 0.4) is 0 Å². The average Bonchev–Trinajstić information content (AvgIpc) is 2.98. The normalized spacial score (nSPS) is 19.6. The number of para-hydroxylation sites is 1. The number of fused-ring (bicyclic) bond motifs is 3. The molecule has 3 aromatic rings. The van der Waals surface area contributed by atoms with Crippen LogP contribution in [0.4, 0.5) is 0 Å². The zero-order chi connectivity index (χ0) is 20.2. The summed E-state index contributed by atoms with van der Waals surface area (Å²) in [6, 6.07) is 18.8. The number of benzene rings is 2.